The summed E-state index contributed by atoms with van der Waals surface area (Å²) >= 11 is 0. The number of nitrogens with one attached hydrogen (secondary N) is 1. The van der Waals surface area contributed by atoms with Crippen molar-refractivity contribution < 1.29 is 27.1 Å². The molecule has 0 radical (unpaired) electrons. The van der Waals surface area contributed by atoms with Gasteiger partial charge in [-0.1, -0.05) is 29.8 Å². The molecule has 7 nitrogen and oxygen atoms in total. The number of nitrogens with zero attached hydrogens (tertiary/aromatic N) is 1. The maximum Gasteiger partial charge on any atom is 0.270 e. The van der Waals surface area contributed by atoms with Crippen LogP contribution in [0.15, 0.2) is 53.0 Å². The minimum Gasteiger partial charge on any atom is -0.493 e. The van der Waals surface area contributed by atoms with Crippen molar-refractivity contribution in [3.05, 3.63) is 69.9 Å². The lowest BCUT2D eigenvalue weighted by molar-refractivity contribution is -0.116. The minimum absolute atomic E-state index is 0.184. The number of hydrogen-bond donors (Lipinski definition) is 1. The summed E-state index contributed by atoms with van der Waals surface area (Å²) in [6.45, 7) is 1.60. The molecule has 1 aliphatic heterocycles. The van der Waals surface area contributed by atoms with Crippen LogP contribution in [0.25, 0.3) is 5.57 Å². The second kappa shape index (κ2) is 10.1. The zero-order valence-corrected chi connectivity index (χ0v) is 20.9. The van der Waals surface area contributed by atoms with Crippen LogP contribution in [-0.4, -0.2) is 35.1 Å². The molecular weight excluding hydrogens is 471 g/mol. The first kappa shape index (κ1) is 24.8. The monoisotopic (exact) mass is 500 g/mol. The Kier molecular flexibility index (Phi) is 7.16. The van der Waals surface area contributed by atoms with E-state index in [1.54, 1.807) is 19.1 Å². The third kappa shape index (κ3) is 4.77. The first-order valence-corrected chi connectivity index (χ1v) is 12.9. The minimum atomic E-state index is -4.32. The van der Waals surface area contributed by atoms with Crippen molar-refractivity contribution in [3.8, 4) is 11.5 Å². The average molecular weight is 501 g/mol. The second-order valence-corrected chi connectivity index (χ2v) is 10.4. The largest absolute Gasteiger partial charge is 0.493 e. The fourth-order valence-electron chi connectivity index (χ4n) is 4.51. The van der Waals surface area contributed by atoms with Crippen LogP contribution in [0, 0.1) is 5.82 Å². The molecule has 0 aromatic heterocycles. The molecule has 0 saturated heterocycles. The second-order valence-electron chi connectivity index (χ2n) is 8.57. The molecule has 1 aliphatic carbocycles. The molecule has 4 rings (SSSR count). The maximum absolute atomic E-state index is 14.5. The van der Waals surface area contributed by atoms with E-state index in [-0.39, 0.29) is 29.2 Å². The molecule has 2 aromatic carbocycles. The van der Waals surface area contributed by atoms with Gasteiger partial charge in [-0.15, -0.1) is 0 Å². The van der Waals surface area contributed by atoms with Crippen molar-refractivity contribution in [2.45, 2.75) is 39.2 Å². The molecule has 2 aromatic rings. The van der Waals surface area contributed by atoms with Crippen LogP contribution in [0.4, 0.5) is 10.1 Å². The van der Waals surface area contributed by atoms with Gasteiger partial charge in [-0.05, 0) is 50.3 Å². The van der Waals surface area contributed by atoms with Gasteiger partial charge in [-0.25, -0.2) is 12.8 Å². The number of anilines is 1. The highest BCUT2D eigenvalue weighted by Gasteiger charge is 2.40. The smallest absolute Gasteiger partial charge is 0.270 e. The Morgan fingerprint density at radius 1 is 1.11 bits per heavy atom. The molecule has 35 heavy (non-hydrogen) atoms. The molecule has 9 heteroatoms. The summed E-state index contributed by atoms with van der Waals surface area (Å²) in [6, 6.07) is 9.15. The van der Waals surface area contributed by atoms with Crippen LogP contribution in [0.1, 0.15) is 43.7 Å². The summed E-state index contributed by atoms with van der Waals surface area (Å²) < 4.78 is 54.1. The number of rotatable bonds is 7. The molecule has 2 aliphatic rings. The van der Waals surface area contributed by atoms with Gasteiger partial charge in [-0.3, -0.25) is 9.10 Å². The number of halogens is 1. The van der Waals surface area contributed by atoms with Gasteiger partial charge in [-0.2, -0.15) is 0 Å². The van der Waals surface area contributed by atoms with Gasteiger partial charge in [0.15, 0.2) is 16.4 Å². The van der Waals surface area contributed by atoms with Crippen molar-refractivity contribution >= 4 is 27.2 Å². The molecule has 0 fully saturated rings. The first-order valence-electron chi connectivity index (χ1n) is 11.5. The van der Waals surface area contributed by atoms with Gasteiger partial charge in [0.2, 0.25) is 0 Å². The molecule has 0 spiro atoms. The SMILES string of the molecule is COc1cc2c(cc1OC)N(Cc1ccccc1F)S(=O)(=O)C(C(=O)NCC1=CCCCC1)=C2C. The molecule has 1 amide bonds. The van der Waals surface area contributed by atoms with Gasteiger partial charge < -0.3 is 14.8 Å². The lowest BCUT2D eigenvalue weighted by atomic mass is 9.99. The number of methoxy groups -OCH3 is 2. The zero-order chi connectivity index (χ0) is 25.2. The highest BCUT2D eigenvalue weighted by atomic mass is 32.2. The Balaban J connectivity index is 1.82. The third-order valence-corrected chi connectivity index (χ3v) is 8.32. The predicted molar refractivity (Wildman–Crippen MR) is 133 cm³/mol. The summed E-state index contributed by atoms with van der Waals surface area (Å²) in [5, 5.41) is 2.78. The molecule has 1 heterocycles. The Morgan fingerprint density at radius 2 is 1.83 bits per heavy atom. The van der Waals surface area contributed by atoms with E-state index in [1.807, 2.05) is 0 Å². The van der Waals surface area contributed by atoms with Crippen molar-refractivity contribution in [2.24, 2.45) is 0 Å². The zero-order valence-electron chi connectivity index (χ0n) is 20.1. The molecule has 1 N–H and O–H groups in total. The van der Waals surface area contributed by atoms with Crippen LogP contribution < -0.4 is 19.1 Å². The highest BCUT2D eigenvalue weighted by molar-refractivity contribution is 7.97. The standard InChI is InChI=1S/C26H29FN2O5S/c1-17-20-13-23(33-2)24(34-3)14-22(20)29(16-19-11-7-8-12-21(19)27)35(31,32)25(17)26(30)28-15-18-9-5-4-6-10-18/h7-9,11-14H,4-6,10,15-16H2,1-3H3,(H,28,30). The van der Waals surface area contributed by atoms with Crippen molar-refractivity contribution in [2.75, 3.05) is 25.1 Å². The third-order valence-electron chi connectivity index (χ3n) is 6.40. The predicted octanol–water partition coefficient (Wildman–Crippen LogP) is 4.54. The number of allylic oxidation sites excluding steroid dienone is 2. The molecule has 0 saturated carbocycles. The molecule has 186 valence electrons. The van der Waals surface area contributed by atoms with Crippen molar-refractivity contribution in [3.63, 3.8) is 0 Å². The summed E-state index contributed by atoms with van der Waals surface area (Å²) in [5.41, 5.74) is 2.35. The van der Waals surface area contributed by atoms with Gasteiger partial charge in [0, 0.05) is 23.7 Å². The Morgan fingerprint density at radius 3 is 2.49 bits per heavy atom. The molecule has 0 unspecified atom stereocenters. The number of hydrogen-bond acceptors (Lipinski definition) is 5. The Labute approximate surface area is 205 Å². The fraction of sp³-hybridized carbons (Fsp3) is 0.346. The number of amides is 1. The first-order chi connectivity index (χ1) is 16.8. The summed E-state index contributed by atoms with van der Waals surface area (Å²) in [7, 11) is -1.39. The molecular formula is C26H29FN2O5S. The van der Waals surface area contributed by atoms with Crippen LogP contribution in [0.3, 0.4) is 0 Å². The van der Waals surface area contributed by atoms with Crippen LogP contribution in [0.5, 0.6) is 11.5 Å². The summed E-state index contributed by atoms with van der Waals surface area (Å²) in [4.78, 5) is 12.9. The van der Waals surface area contributed by atoms with E-state index in [0.717, 1.165) is 35.6 Å². The number of fused-ring (bicyclic) bond motifs is 1. The van der Waals surface area contributed by atoms with E-state index in [4.69, 9.17) is 9.47 Å². The van der Waals surface area contributed by atoms with E-state index >= 15 is 0 Å². The van der Waals surface area contributed by atoms with Crippen molar-refractivity contribution in [1.82, 2.24) is 5.32 Å². The number of benzene rings is 2. The van der Waals surface area contributed by atoms with Gasteiger partial charge >= 0.3 is 0 Å². The number of sulfonamides is 1. The van der Waals surface area contributed by atoms with Gasteiger partial charge in [0.1, 0.15) is 5.82 Å². The Bertz CT molecular complexity index is 1320. The molecule has 0 atom stereocenters. The highest BCUT2D eigenvalue weighted by Crippen LogP contribution is 2.45. The van der Waals surface area contributed by atoms with E-state index < -0.39 is 21.7 Å². The average Bonchev–Trinajstić information content (AvgIpc) is 2.86. The molecule has 0 bridgehead atoms. The van der Waals surface area contributed by atoms with E-state index in [2.05, 4.69) is 11.4 Å². The van der Waals surface area contributed by atoms with Crippen LogP contribution >= 0.6 is 0 Å². The van der Waals surface area contributed by atoms with E-state index in [1.165, 1.54) is 38.5 Å². The van der Waals surface area contributed by atoms with Crippen molar-refractivity contribution in [1.29, 1.82) is 0 Å². The van der Waals surface area contributed by atoms with Gasteiger partial charge in [0.05, 0.1) is 26.5 Å². The van der Waals surface area contributed by atoms with E-state index in [0.29, 0.717) is 22.6 Å². The number of ether oxygens (including phenoxy) is 2. The quantitative estimate of drug-likeness (QED) is 0.565. The lowest BCUT2D eigenvalue weighted by Gasteiger charge is -2.33. The summed E-state index contributed by atoms with van der Waals surface area (Å²) in [6.07, 6.45) is 6.09. The van der Waals surface area contributed by atoms with Crippen LogP contribution in [-0.2, 0) is 21.4 Å². The van der Waals surface area contributed by atoms with Crippen LogP contribution in [0.2, 0.25) is 0 Å². The van der Waals surface area contributed by atoms with Gasteiger partial charge in [0.25, 0.3) is 15.9 Å². The van der Waals surface area contributed by atoms with E-state index in [9.17, 15) is 17.6 Å². The number of carbonyl (C=O) groups is 1. The fourth-order valence-corrected chi connectivity index (χ4v) is 6.25. The maximum atomic E-state index is 14.5. The summed E-state index contributed by atoms with van der Waals surface area (Å²) in [5.74, 6) is -0.507. The Hall–Kier alpha value is -3.33. The topological polar surface area (TPSA) is 84.9 Å². The normalized spacial score (nSPS) is 16.9. The lowest BCUT2D eigenvalue weighted by Crippen LogP contribution is -2.41. The number of carbonyl (C=O) groups excluding carboxylic acids is 1.